The highest BCUT2D eigenvalue weighted by Crippen LogP contribution is 2.31. The van der Waals surface area contributed by atoms with Gasteiger partial charge in [-0.15, -0.1) is 0 Å². The van der Waals surface area contributed by atoms with Crippen LogP contribution in [-0.2, 0) is 9.59 Å². The van der Waals surface area contributed by atoms with Crippen molar-refractivity contribution in [2.45, 2.75) is 12.5 Å². The standard InChI is InChI=1S/C19H17N3O3S/c23-18(10-16(13-5-8-26-12-13)22-6-1-2-7-22)20-14-3-4-15-17(9-14)25-11-19(24)21-15/h1-9,12,16H,10-11H2,(H,20,23)(H,21,24). The number of rotatable bonds is 5. The second-order valence-electron chi connectivity index (χ2n) is 6.00. The van der Waals surface area contributed by atoms with E-state index in [2.05, 4.69) is 16.0 Å². The zero-order valence-corrected chi connectivity index (χ0v) is 14.7. The van der Waals surface area contributed by atoms with E-state index in [0.717, 1.165) is 5.56 Å². The zero-order valence-electron chi connectivity index (χ0n) is 13.8. The van der Waals surface area contributed by atoms with Gasteiger partial charge in [0.1, 0.15) is 5.75 Å². The molecule has 1 unspecified atom stereocenters. The number of hydrogen-bond donors (Lipinski definition) is 2. The van der Waals surface area contributed by atoms with Crippen LogP contribution in [0.4, 0.5) is 11.4 Å². The molecule has 132 valence electrons. The number of amides is 2. The molecule has 1 aliphatic heterocycles. The summed E-state index contributed by atoms with van der Waals surface area (Å²) in [5.74, 6) is 0.288. The molecule has 0 saturated heterocycles. The maximum Gasteiger partial charge on any atom is 0.262 e. The van der Waals surface area contributed by atoms with Gasteiger partial charge in [-0.3, -0.25) is 9.59 Å². The minimum Gasteiger partial charge on any atom is -0.482 e. The fourth-order valence-corrected chi connectivity index (χ4v) is 3.66. The Morgan fingerprint density at radius 2 is 2.15 bits per heavy atom. The van der Waals surface area contributed by atoms with Crippen LogP contribution in [0.15, 0.2) is 59.6 Å². The number of benzene rings is 1. The quantitative estimate of drug-likeness (QED) is 0.725. The number of hydrogen-bond acceptors (Lipinski definition) is 4. The lowest BCUT2D eigenvalue weighted by atomic mass is 10.1. The normalized spacial score (nSPS) is 14.1. The van der Waals surface area contributed by atoms with E-state index in [1.807, 2.05) is 40.5 Å². The van der Waals surface area contributed by atoms with Crippen molar-refractivity contribution in [2.24, 2.45) is 0 Å². The Hall–Kier alpha value is -3.06. The average Bonchev–Trinajstić information content (AvgIpc) is 3.34. The van der Waals surface area contributed by atoms with Crippen LogP contribution in [0, 0.1) is 0 Å². The van der Waals surface area contributed by atoms with Gasteiger partial charge in [0.25, 0.3) is 5.91 Å². The Kier molecular flexibility index (Phi) is 4.45. The molecule has 1 aromatic carbocycles. The van der Waals surface area contributed by atoms with Crippen LogP contribution in [-0.4, -0.2) is 23.0 Å². The second-order valence-corrected chi connectivity index (χ2v) is 6.78. The molecule has 7 heteroatoms. The molecule has 3 heterocycles. The first-order valence-corrected chi connectivity index (χ1v) is 9.14. The predicted molar refractivity (Wildman–Crippen MR) is 101 cm³/mol. The Bertz CT molecular complexity index is 885. The molecule has 0 bridgehead atoms. The fraction of sp³-hybridized carbons (Fsp3) is 0.158. The Labute approximate surface area is 154 Å². The third-order valence-corrected chi connectivity index (χ3v) is 4.89. The van der Waals surface area contributed by atoms with Crippen LogP contribution in [0.3, 0.4) is 0 Å². The molecule has 2 amide bonds. The highest BCUT2D eigenvalue weighted by atomic mass is 32.1. The first-order chi connectivity index (χ1) is 12.7. The summed E-state index contributed by atoms with van der Waals surface area (Å²) in [5.41, 5.74) is 2.36. The molecular formula is C19H17N3O3S. The van der Waals surface area contributed by atoms with Crippen molar-refractivity contribution in [3.05, 3.63) is 65.1 Å². The Morgan fingerprint density at radius 1 is 1.31 bits per heavy atom. The zero-order chi connectivity index (χ0) is 17.9. The predicted octanol–water partition coefficient (Wildman–Crippen LogP) is 3.50. The van der Waals surface area contributed by atoms with Gasteiger partial charge in [0.2, 0.25) is 5.91 Å². The number of fused-ring (bicyclic) bond motifs is 1. The minimum atomic E-state index is -0.181. The molecule has 2 N–H and O–H groups in total. The fourth-order valence-electron chi connectivity index (χ4n) is 2.96. The van der Waals surface area contributed by atoms with E-state index in [1.54, 1.807) is 29.5 Å². The molecule has 1 aliphatic rings. The molecule has 6 nitrogen and oxygen atoms in total. The minimum absolute atomic E-state index is 0.0156. The molecule has 0 radical (unpaired) electrons. The van der Waals surface area contributed by atoms with Gasteiger partial charge in [-0.1, -0.05) is 0 Å². The Morgan fingerprint density at radius 3 is 2.92 bits per heavy atom. The van der Waals surface area contributed by atoms with Crippen LogP contribution >= 0.6 is 11.3 Å². The second kappa shape index (κ2) is 7.05. The maximum atomic E-state index is 12.6. The first kappa shape index (κ1) is 16.4. The lowest BCUT2D eigenvalue weighted by Gasteiger charge is -2.20. The smallest absolute Gasteiger partial charge is 0.262 e. The first-order valence-electron chi connectivity index (χ1n) is 8.20. The summed E-state index contributed by atoms with van der Waals surface area (Å²) in [5, 5.41) is 9.72. The van der Waals surface area contributed by atoms with Crippen molar-refractivity contribution in [3.63, 3.8) is 0 Å². The number of carbonyl (C=O) groups excluding carboxylic acids is 2. The summed E-state index contributed by atoms with van der Waals surface area (Å²) in [4.78, 5) is 23.9. The molecule has 3 aromatic rings. The lowest BCUT2D eigenvalue weighted by molar-refractivity contribution is -0.119. The summed E-state index contributed by atoms with van der Waals surface area (Å²) in [6, 6.07) is 11.1. The van der Waals surface area contributed by atoms with E-state index >= 15 is 0 Å². The van der Waals surface area contributed by atoms with Gasteiger partial charge >= 0.3 is 0 Å². The third-order valence-electron chi connectivity index (χ3n) is 4.19. The molecular weight excluding hydrogens is 350 g/mol. The van der Waals surface area contributed by atoms with Gasteiger partial charge in [0, 0.05) is 24.1 Å². The number of thiophene rings is 1. The van der Waals surface area contributed by atoms with Gasteiger partial charge in [-0.25, -0.2) is 0 Å². The summed E-state index contributed by atoms with van der Waals surface area (Å²) in [6.45, 7) is -0.0156. The summed E-state index contributed by atoms with van der Waals surface area (Å²) < 4.78 is 7.43. The summed E-state index contributed by atoms with van der Waals surface area (Å²) in [7, 11) is 0. The van der Waals surface area contributed by atoms with Gasteiger partial charge in [-0.05, 0) is 46.7 Å². The summed E-state index contributed by atoms with van der Waals surface area (Å²) >= 11 is 1.62. The Balaban J connectivity index is 1.48. The topological polar surface area (TPSA) is 72.4 Å². The molecule has 2 aromatic heterocycles. The number of anilines is 2. The van der Waals surface area contributed by atoms with Crippen molar-refractivity contribution in [1.29, 1.82) is 0 Å². The third kappa shape index (κ3) is 3.48. The number of carbonyl (C=O) groups is 2. The monoisotopic (exact) mass is 367 g/mol. The van der Waals surface area contributed by atoms with Crippen LogP contribution < -0.4 is 15.4 Å². The molecule has 4 rings (SSSR count). The molecule has 0 fully saturated rings. The largest absolute Gasteiger partial charge is 0.482 e. The average molecular weight is 367 g/mol. The van der Waals surface area contributed by atoms with Gasteiger partial charge in [0.15, 0.2) is 6.61 Å². The molecule has 0 aliphatic carbocycles. The molecule has 26 heavy (non-hydrogen) atoms. The summed E-state index contributed by atoms with van der Waals surface area (Å²) in [6.07, 6.45) is 4.25. The van der Waals surface area contributed by atoms with E-state index in [9.17, 15) is 9.59 Å². The molecule has 0 saturated carbocycles. The van der Waals surface area contributed by atoms with Crippen molar-refractivity contribution >= 4 is 34.5 Å². The van der Waals surface area contributed by atoms with E-state index in [1.165, 1.54) is 0 Å². The SMILES string of the molecule is O=C(CC(c1ccsc1)n1cccc1)Nc1ccc2c(c1)OCC(=O)N2. The molecule has 0 spiro atoms. The number of ether oxygens (including phenoxy) is 1. The van der Waals surface area contributed by atoms with Crippen molar-refractivity contribution in [1.82, 2.24) is 4.57 Å². The van der Waals surface area contributed by atoms with Crippen LogP contribution in [0.25, 0.3) is 0 Å². The van der Waals surface area contributed by atoms with E-state index < -0.39 is 0 Å². The van der Waals surface area contributed by atoms with Crippen molar-refractivity contribution in [2.75, 3.05) is 17.2 Å². The van der Waals surface area contributed by atoms with Crippen LogP contribution in [0.5, 0.6) is 5.75 Å². The van der Waals surface area contributed by atoms with Gasteiger partial charge in [-0.2, -0.15) is 11.3 Å². The van der Waals surface area contributed by atoms with Gasteiger partial charge < -0.3 is 19.9 Å². The van der Waals surface area contributed by atoms with Crippen LogP contribution in [0.2, 0.25) is 0 Å². The number of nitrogens with zero attached hydrogens (tertiary/aromatic N) is 1. The number of nitrogens with one attached hydrogen (secondary N) is 2. The molecule has 1 atom stereocenters. The van der Waals surface area contributed by atoms with Crippen molar-refractivity contribution in [3.8, 4) is 5.75 Å². The van der Waals surface area contributed by atoms with E-state index in [4.69, 9.17) is 4.74 Å². The van der Waals surface area contributed by atoms with E-state index in [-0.39, 0.29) is 24.5 Å². The van der Waals surface area contributed by atoms with Crippen LogP contribution in [0.1, 0.15) is 18.0 Å². The maximum absolute atomic E-state index is 12.6. The highest BCUT2D eigenvalue weighted by molar-refractivity contribution is 7.08. The highest BCUT2D eigenvalue weighted by Gasteiger charge is 2.19. The van der Waals surface area contributed by atoms with E-state index in [0.29, 0.717) is 23.5 Å². The lowest BCUT2D eigenvalue weighted by Crippen LogP contribution is -2.25. The van der Waals surface area contributed by atoms with Gasteiger partial charge in [0.05, 0.1) is 18.2 Å². The van der Waals surface area contributed by atoms with Crippen molar-refractivity contribution < 1.29 is 14.3 Å². The number of aromatic nitrogens is 1.